The van der Waals surface area contributed by atoms with Crippen LogP contribution in [0.15, 0.2) is 30.5 Å². The molecule has 0 saturated heterocycles. The SMILES string of the molecule is C[Si](C)(C)c1ccc2[nH]ccc2c1. The highest BCUT2D eigenvalue weighted by Gasteiger charge is 2.16. The Morgan fingerprint density at radius 2 is 1.85 bits per heavy atom. The van der Waals surface area contributed by atoms with Crippen molar-refractivity contribution in [3.05, 3.63) is 30.5 Å². The van der Waals surface area contributed by atoms with Gasteiger partial charge < -0.3 is 4.98 Å². The van der Waals surface area contributed by atoms with Crippen LogP contribution in [0.2, 0.25) is 19.6 Å². The molecule has 1 heterocycles. The van der Waals surface area contributed by atoms with Gasteiger partial charge in [0.1, 0.15) is 0 Å². The first-order chi connectivity index (χ1) is 6.07. The van der Waals surface area contributed by atoms with E-state index in [9.17, 15) is 0 Å². The van der Waals surface area contributed by atoms with Gasteiger partial charge in [-0.1, -0.05) is 37.0 Å². The minimum atomic E-state index is -1.14. The van der Waals surface area contributed by atoms with Crippen LogP contribution >= 0.6 is 0 Å². The van der Waals surface area contributed by atoms with Gasteiger partial charge >= 0.3 is 0 Å². The van der Waals surface area contributed by atoms with Crippen LogP contribution in [0, 0.1) is 0 Å². The van der Waals surface area contributed by atoms with Gasteiger partial charge in [-0.25, -0.2) is 0 Å². The fourth-order valence-corrected chi connectivity index (χ4v) is 2.69. The molecule has 1 nitrogen and oxygen atoms in total. The maximum absolute atomic E-state index is 3.21. The molecule has 0 aliphatic carbocycles. The van der Waals surface area contributed by atoms with Crippen LogP contribution in [0.3, 0.4) is 0 Å². The van der Waals surface area contributed by atoms with Gasteiger partial charge in [0.15, 0.2) is 0 Å². The molecule has 0 radical (unpaired) electrons. The summed E-state index contributed by atoms with van der Waals surface area (Å²) in [5.74, 6) is 0. The van der Waals surface area contributed by atoms with Crippen LogP contribution in [-0.2, 0) is 0 Å². The van der Waals surface area contributed by atoms with E-state index < -0.39 is 8.07 Å². The lowest BCUT2D eigenvalue weighted by atomic mass is 10.2. The first-order valence-corrected chi connectivity index (χ1v) is 8.15. The Hall–Kier alpha value is -1.02. The summed E-state index contributed by atoms with van der Waals surface area (Å²) in [6, 6.07) is 8.89. The summed E-state index contributed by atoms with van der Waals surface area (Å²) in [5, 5.41) is 2.86. The number of benzene rings is 1. The third kappa shape index (κ3) is 1.54. The molecule has 1 N–H and O–H groups in total. The Labute approximate surface area is 79.8 Å². The first kappa shape index (κ1) is 8.57. The van der Waals surface area contributed by atoms with E-state index in [0.29, 0.717) is 0 Å². The number of aromatic nitrogens is 1. The lowest BCUT2D eigenvalue weighted by Crippen LogP contribution is -2.37. The van der Waals surface area contributed by atoms with Crippen molar-refractivity contribution in [2.75, 3.05) is 0 Å². The van der Waals surface area contributed by atoms with Crippen LogP contribution in [0.4, 0.5) is 0 Å². The molecule has 1 aromatic carbocycles. The third-order valence-electron chi connectivity index (χ3n) is 2.42. The average molecular weight is 189 g/mol. The van der Waals surface area contributed by atoms with Gasteiger partial charge in [0.2, 0.25) is 0 Å². The molecule has 0 spiro atoms. The smallest absolute Gasteiger partial charge is 0.0776 e. The van der Waals surface area contributed by atoms with Gasteiger partial charge in [-0.2, -0.15) is 0 Å². The van der Waals surface area contributed by atoms with Crippen molar-refractivity contribution >= 4 is 24.2 Å². The van der Waals surface area contributed by atoms with E-state index >= 15 is 0 Å². The number of fused-ring (bicyclic) bond motifs is 1. The number of hydrogen-bond donors (Lipinski definition) is 1. The van der Waals surface area contributed by atoms with Gasteiger partial charge in [0.25, 0.3) is 0 Å². The molecule has 68 valence electrons. The molecule has 13 heavy (non-hydrogen) atoms. The second-order valence-electron chi connectivity index (χ2n) is 4.53. The second-order valence-corrected chi connectivity index (χ2v) is 9.61. The molecule has 0 amide bonds. The maximum Gasteiger partial charge on any atom is 0.0776 e. The Balaban J connectivity index is 2.61. The van der Waals surface area contributed by atoms with Gasteiger partial charge in [0.05, 0.1) is 8.07 Å². The molecular weight excluding hydrogens is 174 g/mol. The first-order valence-electron chi connectivity index (χ1n) is 4.65. The van der Waals surface area contributed by atoms with Gasteiger partial charge in [-0.05, 0) is 17.5 Å². The zero-order chi connectivity index (χ0) is 9.47. The molecule has 0 aliphatic rings. The summed E-state index contributed by atoms with van der Waals surface area (Å²) >= 11 is 0. The largest absolute Gasteiger partial charge is 0.361 e. The summed E-state index contributed by atoms with van der Waals surface area (Å²) in [6.07, 6.45) is 2.00. The molecule has 0 bridgehead atoms. The van der Waals surface area contributed by atoms with Crippen molar-refractivity contribution in [2.24, 2.45) is 0 Å². The zero-order valence-corrected chi connectivity index (χ0v) is 9.39. The van der Waals surface area contributed by atoms with Crippen molar-refractivity contribution in [1.82, 2.24) is 4.98 Å². The van der Waals surface area contributed by atoms with Gasteiger partial charge in [-0.3, -0.25) is 0 Å². The lowest BCUT2D eigenvalue weighted by molar-refractivity contribution is 1.48. The molecule has 1 aromatic heterocycles. The third-order valence-corrected chi connectivity index (χ3v) is 4.46. The maximum atomic E-state index is 3.21. The fourth-order valence-electron chi connectivity index (χ4n) is 1.52. The minimum Gasteiger partial charge on any atom is -0.361 e. The number of hydrogen-bond acceptors (Lipinski definition) is 0. The summed E-state index contributed by atoms with van der Waals surface area (Å²) in [5.41, 5.74) is 1.24. The van der Waals surface area contributed by atoms with Crippen LogP contribution in [-0.4, -0.2) is 13.1 Å². The molecule has 0 saturated carbocycles. The van der Waals surface area contributed by atoms with Gasteiger partial charge in [0, 0.05) is 11.7 Å². The molecule has 0 aliphatic heterocycles. The topological polar surface area (TPSA) is 15.8 Å². The number of aromatic amines is 1. The molecule has 0 unspecified atom stereocenters. The summed E-state index contributed by atoms with van der Waals surface area (Å²) < 4.78 is 0. The summed E-state index contributed by atoms with van der Waals surface area (Å²) in [6.45, 7) is 7.13. The van der Waals surface area contributed by atoms with Crippen molar-refractivity contribution in [1.29, 1.82) is 0 Å². The molecule has 0 fully saturated rings. The predicted molar refractivity (Wildman–Crippen MR) is 61.3 cm³/mol. The highest BCUT2D eigenvalue weighted by Crippen LogP contribution is 2.12. The fraction of sp³-hybridized carbons (Fsp3) is 0.273. The second kappa shape index (κ2) is 2.74. The van der Waals surface area contributed by atoms with E-state index in [2.05, 4.69) is 48.9 Å². The lowest BCUT2D eigenvalue weighted by Gasteiger charge is -2.16. The molecular formula is C11H15NSi. The Kier molecular flexibility index (Phi) is 1.80. The molecule has 0 atom stereocenters. The molecule has 2 aromatic rings. The van der Waals surface area contributed by atoms with Crippen LogP contribution in [0.5, 0.6) is 0 Å². The summed E-state index contributed by atoms with van der Waals surface area (Å²) in [7, 11) is -1.14. The monoisotopic (exact) mass is 189 g/mol. The van der Waals surface area contributed by atoms with E-state index in [1.54, 1.807) is 0 Å². The number of nitrogens with one attached hydrogen (secondary N) is 1. The van der Waals surface area contributed by atoms with Crippen molar-refractivity contribution < 1.29 is 0 Å². The molecule has 2 heteroatoms. The van der Waals surface area contributed by atoms with E-state index in [4.69, 9.17) is 0 Å². The Morgan fingerprint density at radius 1 is 1.08 bits per heavy atom. The highest BCUT2D eigenvalue weighted by molar-refractivity contribution is 6.88. The van der Waals surface area contributed by atoms with E-state index in [0.717, 1.165) is 0 Å². The van der Waals surface area contributed by atoms with Crippen LogP contribution < -0.4 is 5.19 Å². The van der Waals surface area contributed by atoms with E-state index in [-0.39, 0.29) is 0 Å². The summed E-state index contributed by atoms with van der Waals surface area (Å²) in [4.78, 5) is 3.21. The van der Waals surface area contributed by atoms with Crippen molar-refractivity contribution in [3.63, 3.8) is 0 Å². The average Bonchev–Trinajstić information content (AvgIpc) is 2.47. The normalized spacial score (nSPS) is 12.2. The van der Waals surface area contributed by atoms with Crippen LogP contribution in [0.25, 0.3) is 10.9 Å². The van der Waals surface area contributed by atoms with Crippen molar-refractivity contribution in [2.45, 2.75) is 19.6 Å². The quantitative estimate of drug-likeness (QED) is 0.664. The van der Waals surface area contributed by atoms with E-state index in [1.807, 2.05) is 6.20 Å². The standard InChI is InChI=1S/C11H15NSi/c1-13(2,3)10-4-5-11-9(8-10)6-7-12-11/h4-8,12H,1-3H3. The van der Waals surface area contributed by atoms with Crippen LogP contribution in [0.1, 0.15) is 0 Å². The Morgan fingerprint density at radius 3 is 2.54 bits per heavy atom. The van der Waals surface area contributed by atoms with E-state index in [1.165, 1.54) is 16.1 Å². The number of H-pyrrole nitrogens is 1. The predicted octanol–water partition coefficient (Wildman–Crippen LogP) is 2.71. The van der Waals surface area contributed by atoms with Gasteiger partial charge in [-0.15, -0.1) is 0 Å². The minimum absolute atomic E-state index is 1.14. The Bertz CT molecular complexity index is 423. The molecule has 2 rings (SSSR count). The zero-order valence-electron chi connectivity index (χ0n) is 8.39. The highest BCUT2D eigenvalue weighted by atomic mass is 28.3. The number of rotatable bonds is 1. The van der Waals surface area contributed by atoms with Crippen molar-refractivity contribution in [3.8, 4) is 0 Å².